The van der Waals surface area contributed by atoms with E-state index in [1.807, 2.05) is 24.4 Å². The summed E-state index contributed by atoms with van der Waals surface area (Å²) < 4.78 is 0. The molecule has 1 aromatic carbocycles. The second-order valence-electron chi connectivity index (χ2n) is 2.85. The molecule has 1 heterocycles. The molecule has 80 valence electrons. The number of H-pyrrole nitrogens is 1. The van der Waals surface area contributed by atoms with E-state index in [1.54, 1.807) is 0 Å². The molecule has 5 N–H and O–H groups in total. The van der Waals surface area contributed by atoms with Crippen molar-refractivity contribution >= 4 is 39.4 Å². The molecule has 2 aromatic rings. The quantitative estimate of drug-likeness (QED) is 0.240. The molecular formula is C9H9ClIN3S. The van der Waals surface area contributed by atoms with Gasteiger partial charge in [0.1, 0.15) is 0 Å². The molecule has 15 heavy (non-hydrogen) atoms. The average Bonchev–Trinajstić information content (AvgIpc) is 2.47. The highest BCUT2D eigenvalue weighted by Gasteiger charge is 2.07. The molecule has 0 unspecified atom stereocenters. The normalized spacial score (nSPS) is 9.93. The van der Waals surface area contributed by atoms with Gasteiger partial charge in [-0.15, -0.1) is 0 Å². The lowest BCUT2D eigenvalue weighted by atomic mass is 10.2. The number of hydrogen-bond donors (Lipinski definition) is 3. The molecule has 0 saturated heterocycles. The van der Waals surface area contributed by atoms with E-state index in [1.165, 1.54) is 11.8 Å². The molecule has 0 bridgehead atoms. The Hall–Kier alpha value is -0.400. The average molecular weight is 354 g/mol. The van der Waals surface area contributed by atoms with E-state index in [-0.39, 0.29) is 24.0 Å². The molecule has 0 spiro atoms. The van der Waals surface area contributed by atoms with Crippen molar-refractivity contribution in [3.8, 4) is 0 Å². The number of aromatic nitrogens is 1. The lowest BCUT2D eigenvalue weighted by Gasteiger charge is -1.94. The van der Waals surface area contributed by atoms with Crippen LogP contribution in [0.1, 0.15) is 0 Å². The summed E-state index contributed by atoms with van der Waals surface area (Å²) in [6.45, 7) is 0. The highest BCUT2D eigenvalue weighted by molar-refractivity contribution is 8.13. The summed E-state index contributed by atoms with van der Waals surface area (Å²) in [5.74, 6) is 0. The summed E-state index contributed by atoms with van der Waals surface area (Å²) in [7, 11) is 0. The maximum atomic E-state index is 5.89. The molecule has 3 nitrogen and oxygen atoms in total. The van der Waals surface area contributed by atoms with Crippen molar-refractivity contribution in [2.45, 2.75) is 4.90 Å². The first-order valence-electron chi connectivity index (χ1n) is 3.99. The van der Waals surface area contributed by atoms with Crippen LogP contribution in [-0.2, 0) is 0 Å². The fourth-order valence-corrected chi connectivity index (χ4v) is 2.10. The van der Waals surface area contributed by atoms with Gasteiger partial charge in [0.25, 0.3) is 0 Å². The lowest BCUT2D eigenvalue weighted by molar-refractivity contribution is -0.110. The molecule has 0 atom stereocenters. The minimum Gasteiger partial charge on any atom is -1.00 e. The van der Waals surface area contributed by atoms with Crippen molar-refractivity contribution in [1.29, 1.82) is 0 Å². The van der Waals surface area contributed by atoms with E-state index in [2.05, 4.69) is 4.98 Å². The van der Waals surface area contributed by atoms with E-state index >= 15 is 0 Å². The molecule has 1 aromatic heterocycles. The number of thioether (sulfide) groups is 1. The molecular weight excluding hydrogens is 345 g/mol. The van der Waals surface area contributed by atoms with Gasteiger partial charge in [-0.05, 0) is 30.0 Å². The maximum Gasteiger partial charge on any atom is 0.304 e. The van der Waals surface area contributed by atoms with Crippen LogP contribution in [0.3, 0.4) is 0 Å². The van der Waals surface area contributed by atoms with Crippen molar-refractivity contribution in [2.75, 3.05) is 0 Å². The standard InChI is InChI=1S/C9H8ClN3S.HI/c10-5-1-2-7-6(3-5)8(4-13-7)14-9(11)12;/h1-4,13H,(H3,11,12);1H. The van der Waals surface area contributed by atoms with E-state index in [9.17, 15) is 0 Å². The Morgan fingerprint density at radius 3 is 2.87 bits per heavy atom. The zero-order valence-corrected chi connectivity index (χ0v) is 11.4. The Bertz CT molecular complexity index is 497. The number of hydrogen-bond acceptors (Lipinski definition) is 1. The molecule has 0 aliphatic heterocycles. The number of fused-ring (bicyclic) bond motifs is 1. The smallest absolute Gasteiger partial charge is 0.304 e. The van der Waals surface area contributed by atoms with Crippen LogP contribution in [0.2, 0.25) is 5.02 Å². The molecule has 0 saturated carbocycles. The molecule has 0 aliphatic rings. The monoisotopic (exact) mass is 353 g/mol. The zero-order chi connectivity index (χ0) is 10.1. The predicted octanol–water partition coefficient (Wildman–Crippen LogP) is -2.01. The van der Waals surface area contributed by atoms with Gasteiger partial charge in [0.2, 0.25) is 0 Å². The first kappa shape index (κ1) is 12.7. The summed E-state index contributed by atoms with van der Waals surface area (Å²) in [6, 6.07) is 5.65. The van der Waals surface area contributed by atoms with Crippen molar-refractivity contribution in [3.63, 3.8) is 0 Å². The number of benzene rings is 1. The Balaban J connectivity index is 0.00000112. The number of halogens is 2. The number of nitrogens with one attached hydrogen (secondary N) is 1. The number of amidine groups is 1. The van der Waals surface area contributed by atoms with E-state index < -0.39 is 0 Å². The van der Waals surface area contributed by atoms with Gasteiger partial charge < -0.3 is 29.0 Å². The van der Waals surface area contributed by atoms with Gasteiger partial charge in [0.05, 0.1) is 0 Å². The van der Waals surface area contributed by atoms with Crippen LogP contribution in [0.15, 0.2) is 29.3 Å². The first-order valence-corrected chi connectivity index (χ1v) is 5.18. The zero-order valence-electron chi connectivity index (χ0n) is 7.63. The minimum atomic E-state index is 0. The second kappa shape index (κ2) is 5.09. The summed E-state index contributed by atoms with van der Waals surface area (Å²) in [6.07, 6.45) is 1.87. The van der Waals surface area contributed by atoms with Gasteiger partial charge in [-0.2, -0.15) is 0 Å². The summed E-state index contributed by atoms with van der Waals surface area (Å²) in [5, 5.41) is 7.49. The van der Waals surface area contributed by atoms with Crippen molar-refractivity contribution in [1.82, 2.24) is 4.98 Å². The van der Waals surface area contributed by atoms with Crippen molar-refractivity contribution in [2.24, 2.45) is 5.73 Å². The van der Waals surface area contributed by atoms with Crippen LogP contribution < -0.4 is 35.1 Å². The molecule has 0 fully saturated rings. The SMILES string of the molecule is NC(=[NH2+])Sc1c[nH]c2ccc(Cl)cc12.[I-]. The lowest BCUT2D eigenvalue weighted by Crippen LogP contribution is -3.00. The van der Waals surface area contributed by atoms with Gasteiger partial charge in [-0.25, -0.2) is 0 Å². The number of aromatic amines is 1. The molecule has 0 amide bonds. The molecule has 0 aliphatic carbocycles. The van der Waals surface area contributed by atoms with Crippen LogP contribution in [0.25, 0.3) is 10.9 Å². The molecule has 0 radical (unpaired) electrons. The van der Waals surface area contributed by atoms with E-state index in [4.69, 9.17) is 22.7 Å². The summed E-state index contributed by atoms with van der Waals surface area (Å²) in [5.41, 5.74) is 6.45. The third kappa shape index (κ3) is 2.79. The van der Waals surface area contributed by atoms with Gasteiger partial charge in [-0.3, -0.25) is 11.1 Å². The largest absolute Gasteiger partial charge is 1.00 e. The highest BCUT2D eigenvalue weighted by atomic mass is 127. The van der Waals surface area contributed by atoms with Crippen LogP contribution >= 0.6 is 23.4 Å². The highest BCUT2D eigenvalue weighted by Crippen LogP contribution is 2.28. The Morgan fingerprint density at radius 1 is 1.47 bits per heavy atom. The maximum absolute atomic E-state index is 5.89. The van der Waals surface area contributed by atoms with Crippen molar-refractivity contribution < 1.29 is 29.4 Å². The predicted molar refractivity (Wildman–Crippen MR) is 60.3 cm³/mol. The Labute approximate surface area is 113 Å². The minimum absolute atomic E-state index is 0. The van der Waals surface area contributed by atoms with Crippen LogP contribution in [0.4, 0.5) is 0 Å². The molecule has 2 rings (SSSR count). The first-order chi connectivity index (χ1) is 6.66. The van der Waals surface area contributed by atoms with Crippen LogP contribution in [0.5, 0.6) is 0 Å². The fourth-order valence-electron chi connectivity index (χ4n) is 1.28. The van der Waals surface area contributed by atoms with Gasteiger partial charge in [0, 0.05) is 27.0 Å². The van der Waals surface area contributed by atoms with Gasteiger partial charge in [-0.1, -0.05) is 11.6 Å². The number of rotatable bonds is 1. The van der Waals surface area contributed by atoms with Gasteiger partial charge in [0.15, 0.2) is 0 Å². The topological polar surface area (TPSA) is 67.4 Å². The van der Waals surface area contributed by atoms with E-state index in [0.29, 0.717) is 10.2 Å². The van der Waals surface area contributed by atoms with Crippen molar-refractivity contribution in [3.05, 3.63) is 29.4 Å². The molecule has 6 heteroatoms. The van der Waals surface area contributed by atoms with Crippen LogP contribution in [-0.4, -0.2) is 10.2 Å². The Kier molecular flexibility index (Phi) is 4.30. The van der Waals surface area contributed by atoms with E-state index in [0.717, 1.165) is 15.8 Å². The number of nitrogens with two attached hydrogens (primary N) is 2. The third-order valence-corrected chi connectivity index (χ3v) is 2.86. The fraction of sp³-hybridized carbons (Fsp3) is 0. The summed E-state index contributed by atoms with van der Waals surface area (Å²) >= 11 is 7.22. The summed E-state index contributed by atoms with van der Waals surface area (Å²) in [4.78, 5) is 4.11. The second-order valence-corrected chi connectivity index (χ2v) is 4.40. The Morgan fingerprint density at radius 2 is 2.20 bits per heavy atom. The van der Waals surface area contributed by atoms with Crippen LogP contribution in [0, 0.1) is 0 Å². The third-order valence-electron chi connectivity index (χ3n) is 1.83. The van der Waals surface area contributed by atoms with Gasteiger partial charge >= 0.3 is 5.17 Å².